The maximum Gasteiger partial charge on any atom is 0.147 e. The minimum Gasteiger partial charge on any atom is -0.306 e. The summed E-state index contributed by atoms with van der Waals surface area (Å²) in [5.41, 5.74) is -0.147. The van der Waals surface area contributed by atoms with Gasteiger partial charge in [-0.3, -0.25) is 0 Å². The lowest BCUT2D eigenvalue weighted by Crippen LogP contribution is -2.39. The van der Waals surface area contributed by atoms with Gasteiger partial charge in [0.2, 0.25) is 0 Å². The number of hydrogen-bond donors (Lipinski definition) is 1. The third-order valence-corrected chi connectivity index (χ3v) is 4.89. The molecule has 1 rings (SSSR count). The monoisotopic (exact) mass is 276 g/mol. The first-order valence-electron chi connectivity index (χ1n) is 5.70. The largest absolute Gasteiger partial charge is 0.306 e. The van der Waals surface area contributed by atoms with E-state index in [1.807, 2.05) is 5.38 Å². The Kier molecular flexibility index (Phi) is 5.09. The fourth-order valence-electron chi connectivity index (χ4n) is 1.55. The quantitative estimate of drug-likeness (QED) is 0.771. The molecule has 1 atom stereocenters. The van der Waals surface area contributed by atoms with Crippen LogP contribution in [0.1, 0.15) is 31.7 Å². The van der Waals surface area contributed by atoms with Gasteiger partial charge in [0.1, 0.15) is 14.8 Å². The van der Waals surface area contributed by atoms with Crippen LogP contribution in [-0.2, 0) is 15.4 Å². The van der Waals surface area contributed by atoms with Crippen molar-refractivity contribution >= 4 is 21.2 Å². The minimum absolute atomic E-state index is 0.147. The molecule has 4 nitrogen and oxygen atoms in total. The molecular weight excluding hydrogens is 256 g/mol. The van der Waals surface area contributed by atoms with Gasteiger partial charge in [-0.15, -0.1) is 11.3 Å². The summed E-state index contributed by atoms with van der Waals surface area (Å²) in [5.74, 6) is 0.234. The second-order valence-electron chi connectivity index (χ2n) is 4.43. The van der Waals surface area contributed by atoms with Crippen molar-refractivity contribution in [3.63, 3.8) is 0 Å². The van der Waals surface area contributed by atoms with Crippen LogP contribution in [0.4, 0.5) is 0 Å². The van der Waals surface area contributed by atoms with E-state index in [4.69, 9.17) is 0 Å². The Balaban J connectivity index is 2.48. The zero-order valence-electron chi connectivity index (χ0n) is 10.6. The number of thiazole rings is 1. The van der Waals surface area contributed by atoms with E-state index >= 15 is 0 Å². The molecule has 0 unspecified atom stereocenters. The maximum absolute atomic E-state index is 11.0. The van der Waals surface area contributed by atoms with Crippen molar-refractivity contribution in [1.29, 1.82) is 0 Å². The Labute approximate surface area is 107 Å². The zero-order valence-corrected chi connectivity index (χ0v) is 12.2. The molecule has 1 N–H and O–H groups in total. The molecule has 0 amide bonds. The summed E-state index contributed by atoms with van der Waals surface area (Å²) in [6.45, 7) is 4.90. The Hall–Kier alpha value is -0.460. The molecule has 0 aliphatic heterocycles. The van der Waals surface area contributed by atoms with E-state index in [1.165, 1.54) is 6.26 Å². The van der Waals surface area contributed by atoms with Crippen molar-refractivity contribution < 1.29 is 8.42 Å². The summed E-state index contributed by atoms with van der Waals surface area (Å²) in [6.07, 6.45) is 4.64. The summed E-state index contributed by atoms with van der Waals surface area (Å²) in [5, 5.41) is 6.42. The predicted octanol–water partition coefficient (Wildman–Crippen LogP) is 1.79. The van der Waals surface area contributed by atoms with Crippen LogP contribution in [0.2, 0.25) is 0 Å². The van der Waals surface area contributed by atoms with E-state index < -0.39 is 9.84 Å². The Morgan fingerprint density at radius 2 is 2.24 bits per heavy atom. The van der Waals surface area contributed by atoms with Gasteiger partial charge >= 0.3 is 0 Å². The highest BCUT2D eigenvalue weighted by Crippen LogP contribution is 2.25. The number of nitrogens with one attached hydrogen (secondary N) is 1. The average molecular weight is 276 g/mol. The van der Waals surface area contributed by atoms with Crippen molar-refractivity contribution in [2.24, 2.45) is 0 Å². The maximum atomic E-state index is 11.0. The van der Waals surface area contributed by atoms with Gasteiger partial charge < -0.3 is 5.32 Å². The summed E-state index contributed by atoms with van der Waals surface area (Å²) in [4.78, 5) is 4.32. The third-order valence-electron chi connectivity index (χ3n) is 2.82. The fourth-order valence-corrected chi connectivity index (χ4v) is 3.06. The van der Waals surface area contributed by atoms with Crippen LogP contribution in [0, 0.1) is 0 Å². The lowest BCUT2D eigenvalue weighted by Gasteiger charge is -2.27. The smallest absolute Gasteiger partial charge is 0.147 e. The Morgan fingerprint density at radius 3 is 2.71 bits per heavy atom. The van der Waals surface area contributed by atoms with Gasteiger partial charge in [0.25, 0.3) is 0 Å². The van der Waals surface area contributed by atoms with Crippen LogP contribution in [-0.4, -0.2) is 32.0 Å². The van der Waals surface area contributed by atoms with E-state index in [0.717, 1.165) is 11.4 Å². The van der Waals surface area contributed by atoms with Crippen LogP contribution >= 0.6 is 11.3 Å². The number of aromatic nitrogens is 1. The second kappa shape index (κ2) is 5.93. The summed E-state index contributed by atoms with van der Waals surface area (Å²) in [7, 11) is -2.86. The first-order valence-corrected chi connectivity index (χ1v) is 8.64. The first-order chi connectivity index (χ1) is 7.87. The summed E-state index contributed by atoms with van der Waals surface area (Å²) in [6, 6.07) is 0. The lowest BCUT2D eigenvalue weighted by atomic mass is 10.00. The van der Waals surface area contributed by atoms with Gasteiger partial charge in [0, 0.05) is 17.8 Å². The van der Waals surface area contributed by atoms with E-state index in [-0.39, 0.29) is 11.3 Å². The Bertz CT molecular complexity index is 428. The molecule has 98 valence electrons. The van der Waals surface area contributed by atoms with Gasteiger partial charge in [-0.1, -0.05) is 6.92 Å². The van der Waals surface area contributed by atoms with E-state index in [2.05, 4.69) is 24.1 Å². The normalized spacial score (nSPS) is 15.7. The standard InChI is InChI=1S/C11H20N2O2S2/c1-4-11(2,10-12-7-8-16-10)13-6-5-9-17(3,14)15/h7-8,13H,4-6,9H2,1-3H3/t11-/m1/s1. The van der Waals surface area contributed by atoms with Crippen molar-refractivity contribution in [3.05, 3.63) is 16.6 Å². The van der Waals surface area contributed by atoms with Crippen molar-refractivity contribution in [1.82, 2.24) is 10.3 Å². The van der Waals surface area contributed by atoms with Crippen LogP contribution in [0.5, 0.6) is 0 Å². The number of hydrogen-bond acceptors (Lipinski definition) is 5. The summed E-state index contributed by atoms with van der Waals surface area (Å²) < 4.78 is 22.0. The van der Waals surface area contributed by atoms with Crippen molar-refractivity contribution in [3.8, 4) is 0 Å². The van der Waals surface area contributed by atoms with Gasteiger partial charge in [0.15, 0.2) is 0 Å². The molecule has 6 heteroatoms. The third kappa shape index (κ3) is 4.73. The molecule has 1 aromatic heterocycles. The minimum atomic E-state index is -2.86. The van der Waals surface area contributed by atoms with Crippen molar-refractivity contribution in [2.45, 2.75) is 32.2 Å². The molecule has 0 saturated heterocycles. The van der Waals surface area contributed by atoms with Crippen LogP contribution in [0.15, 0.2) is 11.6 Å². The van der Waals surface area contributed by atoms with Crippen LogP contribution in [0.25, 0.3) is 0 Å². The van der Waals surface area contributed by atoms with E-state index in [9.17, 15) is 8.42 Å². The molecule has 0 aliphatic carbocycles. The van der Waals surface area contributed by atoms with Crippen molar-refractivity contribution in [2.75, 3.05) is 18.6 Å². The zero-order chi connectivity index (χ0) is 12.9. The van der Waals surface area contributed by atoms with Crippen LogP contribution in [0.3, 0.4) is 0 Å². The van der Waals surface area contributed by atoms with Gasteiger partial charge in [-0.2, -0.15) is 0 Å². The highest BCUT2D eigenvalue weighted by atomic mass is 32.2. The van der Waals surface area contributed by atoms with Gasteiger partial charge in [0.05, 0.1) is 11.3 Å². The fraction of sp³-hybridized carbons (Fsp3) is 0.727. The topological polar surface area (TPSA) is 59.1 Å². The SMILES string of the molecule is CC[C@@](C)(NCCCS(C)(=O)=O)c1nccs1. The first kappa shape index (κ1) is 14.6. The molecule has 1 aromatic rings. The Morgan fingerprint density at radius 1 is 1.53 bits per heavy atom. The second-order valence-corrected chi connectivity index (χ2v) is 7.59. The molecule has 1 heterocycles. The molecule has 0 saturated carbocycles. The molecule has 0 aromatic carbocycles. The molecule has 0 bridgehead atoms. The highest BCUT2D eigenvalue weighted by Gasteiger charge is 2.26. The molecular formula is C11H20N2O2S2. The van der Waals surface area contributed by atoms with Gasteiger partial charge in [-0.25, -0.2) is 13.4 Å². The average Bonchev–Trinajstić information content (AvgIpc) is 2.76. The lowest BCUT2D eigenvalue weighted by molar-refractivity contribution is 0.353. The van der Waals surface area contributed by atoms with Crippen LogP contribution < -0.4 is 5.32 Å². The summed E-state index contributed by atoms with van der Waals surface area (Å²) >= 11 is 1.63. The van der Waals surface area contributed by atoms with E-state index in [0.29, 0.717) is 13.0 Å². The number of sulfone groups is 1. The molecule has 0 spiro atoms. The number of rotatable bonds is 7. The molecule has 0 aliphatic rings. The van der Waals surface area contributed by atoms with Gasteiger partial charge in [-0.05, 0) is 26.3 Å². The molecule has 0 fully saturated rings. The number of nitrogens with zero attached hydrogens (tertiary/aromatic N) is 1. The predicted molar refractivity (Wildman–Crippen MR) is 72.1 cm³/mol. The van der Waals surface area contributed by atoms with E-state index in [1.54, 1.807) is 17.5 Å². The molecule has 17 heavy (non-hydrogen) atoms. The molecule has 0 radical (unpaired) electrons. The highest BCUT2D eigenvalue weighted by molar-refractivity contribution is 7.90.